The largest absolute Gasteiger partial charge is 0.299 e. The summed E-state index contributed by atoms with van der Waals surface area (Å²) in [5.74, 6) is 1.84. The molecular formula is C12H18OS. The Morgan fingerprint density at radius 2 is 1.71 bits per heavy atom. The van der Waals surface area contributed by atoms with Crippen molar-refractivity contribution in [2.24, 2.45) is 11.8 Å². The Hall–Kier alpha value is 0.0200. The summed E-state index contributed by atoms with van der Waals surface area (Å²) in [5, 5.41) is 1.67. The molecule has 3 rings (SSSR count). The molecule has 0 N–H and O–H groups in total. The van der Waals surface area contributed by atoms with E-state index in [1.165, 1.54) is 38.5 Å². The van der Waals surface area contributed by atoms with Crippen LogP contribution in [0.2, 0.25) is 0 Å². The van der Waals surface area contributed by atoms with Gasteiger partial charge in [0, 0.05) is 22.8 Å². The third kappa shape index (κ3) is 1.86. The van der Waals surface area contributed by atoms with Crippen LogP contribution in [-0.4, -0.2) is 16.3 Å². The van der Waals surface area contributed by atoms with E-state index in [1.54, 1.807) is 0 Å². The topological polar surface area (TPSA) is 17.1 Å². The van der Waals surface area contributed by atoms with Gasteiger partial charge in [-0.1, -0.05) is 0 Å². The fourth-order valence-electron chi connectivity index (χ4n) is 2.89. The Morgan fingerprint density at radius 3 is 2.29 bits per heavy atom. The number of fused-ring (bicyclic) bond motifs is 2. The molecule has 2 aliphatic heterocycles. The summed E-state index contributed by atoms with van der Waals surface area (Å²) in [7, 11) is 0. The molecule has 2 heterocycles. The minimum Gasteiger partial charge on any atom is -0.299 e. The Morgan fingerprint density at radius 1 is 1.07 bits per heavy atom. The molecule has 3 aliphatic rings. The molecule has 0 radical (unpaired) electrons. The van der Waals surface area contributed by atoms with Gasteiger partial charge >= 0.3 is 0 Å². The van der Waals surface area contributed by atoms with Crippen LogP contribution < -0.4 is 0 Å². The van der Waals surface area contributed by atoms with Crippen molar-refractivity contribution in [3.63, 3.8) is 0 Å². The molecule has 1 aliphatic carbocycles. The SMILES string of the molecule is O=C(CC1CC1)C1CC2CCC(C1)S2. The lowest BCUT2D eigenvalue weighted by molar-refractivity contribution is -0.123. The van der Waals surface area contributed by atoms with E-state index in [2.05, 4.69) is 11.8 Å². The van der Waals surface area contributed by atoms with Crippen LogP contribution in [-0.2, 0) is 4.79 Å². The van der Waals surface area contributed by atoms with Gasteiger partial charge in [0.05, 0.1) is 0 Å². The summed E-state index contributed by atoms with van der Waals surface area (Å²) in [6, 6.07) is 0. The number of carbonyl (C=O) groups excluding carboxylic acids is 1. The van der Waals surface area contributed by atoms with Gasteiger partial charge in [-0.2, -0.15) is 11.8 Å². The predicted octanol–water partition coefficient (Wildman–Crippen LogP) is 3.03. The number of rotatable bonds is 3. The van der Waals surface area contributed by atoms with E-state index in [4.69, 9.17) is 0 Å². The van der Waals surface area contributed by atoms with Gasteiger partial charge in [-0.3, -0.25) is 4.79 Å². The average molecular weight is 210 g/mol. The molecule has 1 saturated carbocycles. The molecule has 1 nitrogen and oxygen atoms in total. The van der Waals surface area contributed by atoms with E-state index in [0.29, 0.717) is 11.7 Å². The van der Waals surface area contributed by atoms with Gasteiger partial charge in [-0.05, 0) is 44.4 Å². The summed E-state index contributed by atoms with van der Waals surface area (Å²) in [6.07, 6.45) is 8.71. The Bertz CT molecular complexity index is 235. The first-order valence-corrected chi connectivity index (χ1v) is 6.93. The van der Waals surface area contributed by atoms with E-state index in [0.717, 1.165) is 22.8 Å². The molecular weight excluding hydrogens is 192 g/mol. The maximum atomic E-state index is 12.0. The summed E-state index contributed by atoms with van der Waals surface area (Å²) < 4.78 is 0. The van der Waals surface area contributed by atoms with E-state index in [1.807, 2.05) is 0 Å². The van der Waals surface area contributed by atoms with Crippen molar-refractivity contribution in [3.05, 3.63) is 0 Å². The summed E-state index contributed by atoms with van der Waals surface area (Å²) in [6.45, 7) is 0. The van der Waals surface area contributed by atoms with Crippen molar-refractivity contribution in [2.45, 2.75) is 55.4 Å². The Labute approximate surface area is 90.0 Å². The number of Topliss-reactive ketones (excluding diaryl/α,β-unsaturated/α-hetero) is 1. The fourth-order valence-corrected chi connectivity index (χ4v) is 4.67. The van der Waals surface area contributed by atoms with Crippen LogP contribution in [0.15, 0.2) is 0 Å². The normalized spacial score (nSPS) is 41.3. The van der Waals surface area contributed by atoms with Crippen LogP contribution in [0.5, 0.6) is 0 Å². The standard InChI is InChI=1S/C12H18OS/c13-12(5-8-1-2-8)9-6-10-3-4-11(7-9)14-10/h8-11H,1-7H2. The van der Waals surface area contributed by atoms with Crippen LogP contribution in [0.1, 0.15) is 44.9 Å². The smallest absolute Gasteiger partial charge is 0.136 e. The van der Waals surface area contributed by atoms with Crippen molar-refractivity contribution in [2.75, 3.05) is 0 Å². The van der Waals surface area contributed by atoms with Crippen LogP contribution in [0, 0.1) is 11.8 Å². The van der Waals surface area contributed by atoms with Crippen molar-refractivity contribution in [1.82, 2.24) is 0 Å². The lowest BCUT2D eigenvalue weighted by atomic mass is 9.92. The highest BCUT2D eigenvalue weighted by molar-refractivity contribution is 8.00. The molecule has 2 atom stereocenters. The zero-order valence-corrected chi connectivity index (χ0v) is 9.39. The van der Waals surface area contributed by atoms with Crippen molar-refractivity contribution in [3.8, 4) is 0 Å². The second-order valence-corrected chi connectivity index (χ2v) is 6.85. The molecule has 0 aromatic carbocycles. The molecule has 0 aromatic heterocycles. The van der Waals surface area contributed by atoms with Crippen molar-refractivity contribution >= 4 is 17.5 Å². The number of hydrogen-bond acceptors (Lipinski definition) is 2. The molecule has 2 bridgehead atoms. The van der Waals surface area contributed by atoms with Crippen molar-refractivity contribution in [1.29, 1.82) is 0 Å². The monoisotopic (exact) mass is 210 g/mol. The van der Waals surface area contributed by atoms with Gasteiger partial charge in [0.1, 0.15) is 5.78 Å². The maximum Gasteiger partial charge on any atom is 0.136 e. The van der Waals surface area contributed by atoms with Gasteiger partial charge in [0.15, 0.2) is 0 Å². The molecule has 3 fully saturated rings. The first kappa shape index (κ1) is 9.26. The van der Waals surface area contributed by atoms with Gasteiger partial charge in [-0.25, -0.2) is 0 Å². The second-order valence-electron chi connectivity index (χ2n) is 5.24. The van der Waals surface area contributed by atoms with Crippen LogP contribution >= 0.6 is 11.8 Å². The minimum absolute atomic E-state index is 0.453. The molecule has 0 amide bonds. The van der Waals surface area contributed by atoms with Crippen molar-refractivity contribution < 1.29 is 4.79 Å². The Balaban J connectivity index is 1.58. The molecule has 0 aromatic rings. The van der Waals surface area contributed by atoms with Gasteiger partial charge in [-0.15, -0.1) is 0 Å². The fraction of sp³-hybridized carbons (Fsp3) is 0.917. The van der Waals surface area contributed by atoms with E-state index in [-0.39, 0.29) is 0 Å². The van der Waals surface area contributed by atoms with Gasteiger partial charge in [0.2, 0.25) is 0 Å². The summed E-state index contributed by atoms with van der Waals surface area (Å²) >= 11 is 2.16. The second kappa shape index (κ2) is 3.55. The third-order valence-electron chi connectivity index (χ3n) is 3.93. The molecule has 0 spiro atoms. The molecule has 78 valence electrons. The predicted molar refractivity (Wildman–Crippen MR) is 59.5 cm³/mol. The first-order chi connectivity index (χ1) is 6.81. The number of thioether (sulfide) groups is 1. The molecule has 14 heavy (non-hydrogen) atoms. The lowest BCUT2D eigenvalue weighted by Gasteiger charge is -2.26. The van der Waals surface area contributed by atoms with Crippen LogP contribution in [0.3, 0.4) is 0 Å². The number of carbonyl (C=O) groups is 1. The first-order valence-electron chi connectivity index (χ1n) is 5.99. The minimum atomic E-state index is 0.453. The van der Waals surface area contributed by atoms with Crippen LogP contribution in [0.25, 0.3) is 0 Å². The number of hydrogen-bond donors (Lipinski definition) is 0. The van der Waals surface area contributed by atoms with E-state index < -0.39 is 0 Å². The van der Waals surface area contributed by atoms with E-state index in [9.17, 15) is 4.79 Å². The molecule has 2 heteroatoms. The highest BCUT2D eigenvalue weighted by Crippen LogP contribution is 2.47. The van der Waals surface area contributed by atoms with E-state index >= 15 is 0 Å². The quantitative estimate of drug-likeness (QED) is 0.712. The highest BCUT2D eigenvalue weighted by Gasteiger charge is 2.38. The van der Waals surface area contributed by atoms with Gasteiger partial charge < -0.3 is 0 Å². The third-order valence-corrected chi connectivity index (χ3v) is 5.56. The zero-order valence-electron chi connectivity index (χ0n) is 8.58. The lowest BCUT2D eigenvalue weighted by Crippen LogP contribution is -2.24. The average Bonchev–Trinajstić information content (AvgIpc) is 2.93. The zero-order chi connectivity index (χ0) is 9.54. The molecule has 2 unspecified atom stereocenters. The Kier molecular flexibility index (Phi) is 2.35. The summed E-state index contributed by atoms with van der Waals surface area (Å²) in [4.78, 5) is 12.0. The summed E-state index contributed by atoms with van der Waals surface area (Å²) in [5.41, 5.74) is 0. The number of ketones is 1. The highest BCUT2D eigenvalue weighted by atomic mass is 32.2. The van der Waals surface area contributed by atoms with Gasteiger partial charge in [0.25, 0.3) is 0 Å². The van der Waals surface area contributed by atoms with Crippen LogP contribution in [0.4, 0.5) is 0 Å². The maximum absolute atomic E-state index is 12.0. The molecule has 2 saturated heterocycles.